The van der Waals surface area contributed by atoms with Crippen molar-refractivity contribution in [2.45, 2.75) is 45.4 Å². The largest absolute Gasteiger partial charge is 0.341 e. The summed E-state index contributed by atoms with van der Waals surface area (Å²) in [5.41, 5.74) is 2.28. The number of carbonyl (C=O) groups excluding carboxylic acids is 3. The molecule has 1 aliphatic rings. The summed E-state index contributed by atoms with van der Waals surface area (Å²) in [4.78, 5) is 41.5. The van der Waals surface area contributed by atoms with Crippen LogP contribution in [0.4, 0.5) is 0 Å². The Morgan fingerprint density at radius 3 is 2.09 bits per heavy atom. The van der Waals surface area contributed by atoms with Gasteiger partial charge in [0, 0.05) is 25.7 Å². The van der Waals surface area contributed by atoms with E-state index in [0.717, 1.165) is 12.0 Å². The molecule has 1 saturated heterocycles. The molecule has 32 heavy (non-hydrogen) atoms. The zero-order valence-corrected chi connectivity index (χ0v) is 19.6. The summed E-state index contributed by atoms with van der Waals surface area (Å²) < 4.78 is 0. The highest BCUT2D eigenvalue weighted by atomic mass is 16.2. The number of rotatable bonds is 7. The summed E-state index contributed by atoms with van der Waals surface area (Å²) in [6.07, 6.45) is 2.18. The molecule has 0 aliphatic carbocycles. The number of hydrogen-bond donors (Lipinski definition) is 0. The van der Waals surface area contributed by atoms with Crippen molar-refractivity contribution in [1.82, 2.24) is 9.80 Å². The van der Waals surface area contributed by atoms with Crippen molar-refractivity contribution in [2.24, 2.45) is 5.92 Å². The predicted octanol–water partition coefficient (Wildman–Crippen LogP) is 4.11. The highest BCUT2D eigenvalue weighted by Crippen LogP contribution is 2.36. The van der Waals surface area contributed by atoms with E-state index in [9.17, 15) is 14.4 Å². The van der Waals surface area contributed by atoms with Gasteiger partial charge in [0.1, 0.15) is 5.78 Å². The van der Waals surface area contributed by atoms with Crippen molar-refractivity contribution in [2.75, 3.05) is 26.7 Å². The maximum absolute atomic E-state index is 12.9. The molecule has 1 fully saturated rings. The molecule has 5 heteroatoms. The number of carbonyl (C=O) groups is 3. The molecule has 0 aromatic heterocycles. The summed E-state index contributed by atoms with van der Waals surface area (Å²) in [6.45, 7) is 7.03. The number of amides is 2. The zero-order chi connectivity index (χ0) is 23.3. The van der Waals surface area contributed by atoms with Crippen molar-refractivity contribution in [3.05, 3.63) is 71.3 Å². The molecule has 2 aromatic carbocycles. The second kappa shape index (κ2) is 10.1. The van der Waals surface area contributed by atoms with Crippen LogP contribution in [0.2, 0.25) is 0 Å². The van der Waals surface area contributed by atoms with Crippen molar-refractivity contribution in [3.63, 3.8) is 0 Å². The number of benzene rings is 2. The second-order valence-electron chi connectivity index (χ2n) is 9.34. The smallest absolute Gasteiger partial charge is 0.254 e. The topological polar surface area (TPSA) is 57.7 Å². The summed E-state index contributed by atoms with van der Waals surface area (Å²) in [5.74, 6) is 0.463. The first-order chi connectivity index (χ1) is 15.2. The summed E-state index contributed by atoms with van der Waals surface area (Å²) in [6, 6.07) is 17.5. The molecule has 170 valence electrons. The fourth-order valence-electron chi connectivity index (χ4n) is 4.59. The molecule has 3 rings (SSSR count). The fourth-order valence-corrected chi connectivity index (χ4v) is 4.59. The van der Waals surface area contributed by atoms with Gasteiger partial charge in [-0.3, -0.25) is 14.4 Å². The number of Topliss-reactive ketones (excluding diaryl/α,β-unsaturated/α-hetero) is 1. The Bertz CT molecular complexity index is 943. The van der Waals surface area contributed by atoms with Crippen LogP contribution < -0.4 is 0 Å². The molecular weight excluding hydrogens is 400 g/mol. The van der Waals surface area contributed by atoms with Crippen LogP contribution >= 0.6 is 0 Å². The van der Waals surface area contributed by atoms with Gasteiger partial charge in [0.05, 0.1) is 12.0 Å². The van der Waals surface area contributed by atoms with E-state index in [1.807, 2.05) is 54.6 Å². The van der Waals surface area contributed by atoms with Crippen LogP contribution in [0.5, 0.6) is 0 Å². The Morgan fingerprint density at radius 2 is 1.56 bits per heavy atom. The highest BCUT2D eigenvalue weighted by molar-refractivity contribution is 5.96. The zero-order valence-electron chi connectivity index (χ0n) is 19.6. The van der Waals surface area contributed by atoms with Crippen molar-refractivity contribution in [3.8, 4) is 0 Å². The number of piperidine rings is 1. The van der Waals surface area contributed by atoms with Gasteiger partial charge in [-0.25, -0.2) is 0 Å². The quantitative estimate of drug-likeness (QED) is 0.659. The lowest BCUT2D eigenvalue weighted by atomic mass is 9.70. The maximum Gasteiger partial charge on any atom is 0.254 e. The van der Waals surface area contributed by atoms with Crippen molar-refractivity contribution < 1.29 is 14.4 Å². The van der Waals surface area contributed by atoms with E-state index in [2.05, 4.69) is 13.8 Å². The van der Waals surface area contributed by atoms with Crippen LogP contribution in [0.25, 0.3) is 0 Å². The van der Waals surface area contributed by atoms with Gasteiger partial charge >= 0.3 is 0 Å². The molecule has 0 unspecified atom stereocenters. The third-order valence-corrected chi connectivity index (χ3v) is 6.53. The van der Waals surface area contributed by atoms with E-state index in [1.165, 1.54) is 10.5 Å². The van der Waals surface area contributed by atoms with Crippen LogP contribution in [-0.4, -0.2) is 54.1 Å². The minimum Gasteiger partial charge on any atom is -0.341 e. The molecule has 0 bridgehead atoms. The fraction of sp³-hybridized carbons (Fsp3) is 0.444. The van der Waals surface area contributed by atoms with E-state index in [-0.39, 0.29) is 24.1 Å². The molecule has 0 radical (unpaired) electrons. The van der Waals surface area contributed by atoms with Crippen LogP contribution in [-0.2, 0) is 21.4 Å². The van der Waals surface area contributed by atoms with Gasteiger partial charge in [-0.05, 0) is 55.4 Å². The number of likely N-dealkylation sites (tertiary alicyclic amines) is 1. The van der Waals surface area contributed by atoms with Gasteiger partial charge in [0.2, 0.25) is 5.91 Å². The minimum atomic E-state index is -0.530. The number of nitrogens with zero attached hydrogens (tertiary/aromatic N) is 2. The summed E-state index contributed by atoms with van der Waals surface area (Å²) >= 11 is 0. The average Bonchev–Trinajstić information content (AvgIpc) is 2.79. The number of hydrogen-bond acceptors (Lipinski definition) is 3. The number of ketones is 1. The standard InChI is InChI=1S/C27H34N2O3/c1-20(2)18-22-10-12-23(13-11-22)26(32)28(4)19-25(31)29-16-14-27(15-17-29,21(3)30)24-8-6-5-7-9-24/h5-13,20H,14-19H2,1-4H3. The lowest BCUT2D eigenvalue weighted by Crippen LogP contribution is -2.50. The van der Waals surface area contributed by atoms with Gasteiger partial charge in [-0.2, -0.15) is 0 Å². The maximum atomic E-state index is 12.9. The monoisotopic (exact) mass is 434 g/mol. The Labute approximate surface area is 191 Å². The van der Waals surface area contributed by atoms with E-state index >= 15 is 0 Å². The molecule has 0 saturated carbocycles. The van der Waals surface area contributed by atoms with Crippen molar-refractivity contribution in [1.29, 1.82) is 0 Å². The molecule has 2 amide bonds. The molecule has 0 atom stereocenters. The lowest BCUT2D eigenvalue weighted by molar-refractivity contribution is -0.136. The first-order valence-corrected chi connectivity index (χ1v) is 11.4. The Kier molecular flexibility index (Phi) is 7.49. The van der Waals surface area contributed by atoms with E-state index in [4.69, 9.17) is 0 Å². The second-order valence-corrected chi connectivity index (χ2v) is 9.34. The van der Waals surface area contributed by atoms with Crippen LogP contribution in [0.1, 0.15) is 55.1 Å². The van der Waals surface area contributed by atoms with Gasteiger partial charge in [0.15, 0.2) is 0 Å². The molecule has 0 N–H and O–H groups in total. The normalized spacial score (nSPS) is 15.5. The van der Waals surface area contributed by atoms with Crippen molar-refractivity contribution >= 4 is 17.6 Å². The highest BCUT2D eigenvalue weighted by Gasteiger charge is 2.41. The van der Waals surface area contributed by atoms with E-state index in [0.29, 0.717) is 37.4 Å². The van der Waals surface area contributed by atoms with E-state index < -0.39 is 5.41 Å². The Hall–Kier alpha value is -2.95. The van der Waals surface area contributed by atoms with Gasteiger partial charge < -0.3 is 9.80 Å². The summed E-state index contributed by atoms with van der Waals surface area (Å²) in [7, 11) is 1.66. The number of likely N-dealkylation sites (N-methyl/N-ethyl adjacent to an activating group) is 1. The molecule has 1 aliphatic heterocycles. The summed E-state index contributed by atoms with van der Waals surface area (Å²) in [5, 5.41) is 0. The molecule has 1 heterocycles. The SMILES string of the molecule is CC(=O)C1(c2ccccc2)CCN(C(=O)CN(C)C(=O)c2ccc(CC(C)C)cc2)CC1. The van der Waals surface area contributed by atoms with Gasteiger partial charge in [-0.1, -0.05) is 56.3 Å². The Balaban J connectivity index is 1.59. The van der Waals surface area contributed by atoms with Gasteiger partial charge in [0.25, 0.3) is 5.91 Å². The van der Waals surface area contributed by atoms with Crippen LogP contribution in [0.15, 0.2) is 54.6 Å². The lowest BCUT2D eigenvalue weighted by Gasteiger charge is -2.41. The third-order valence-electron chi connectivity index (χ3n) is 6.53. The Morgan fingerprint density at radius 1 is 0.969 bits per heavy atom. The molecule has 5 nitrogen and oxygen atoms in total. The molecule has 0 spiro atoms. The first kappa shape index (κ1) is 23.7. The van der Waals surface area contributed by atoms with Crippen LogP contribution in [0, 0.1) is 5.92 Å². The molecule has 2 aromatic rings. The predicted molar refractivity (Wildman–Crippen MR) is 127 cm³/mol. The third kappa shape index (κ3) is 5.26. The minimum absolute atomic E-state index is 0.0327. The molecular formula is C27H34N2O3. The van der Waals surface area contributed by atoms with Gasteiger partial charge in [-0.15, -0.1) is 0 Å². The van der Waals surface area contributed by atoms with Crippen LogP contribution in [0.3, 0.4) is 0 Å². The first-order valence-electron chi connectivity index (χ1n) is 11.4. The average molecular weight is 435 g/mol. The van der Waals surface area contributed by atoms with E-state index in [1.54, 1.807) is 18.9 Å².